The van der Waals surface area contributed by atoms with Gasteiger partial charge in [-0.25, -0.2) is 8.42 Å². The maximum Gasteiger partial charge on any atom is 0.573 e. The third-order valence-electron chi connectivity index (χ3n) is 4.33. The number of halogens is 4. The van der Waals surface area contributed by atoms with Crippen molar-refractivity contribution in [3.8, 4) is 5.75 Å². The zero-order valence-electron chi connectivity index (χ0n) is 16.0. The second kappa shape index (κ2) is 8.68. The molecular weight excluding hydrogens is 455 g/mol. The number of benzene rings is 2. The molecule has 162 valence electrons. The van der Waals surface area contributed by atoms with Crippen LogP contribution in [-0.4, -0.2) is 25.5 Å². The first-order valence-corrected chi connectivity index (χ1v) is 10.8. The minimum atomic E-state index is -4.89. The van der Waals surface area contributed by atoms with Gasteiger partial charge in [-0.2, -0.15) is 0 Å². The van der Waals surface area contributed by atoms with Gasteiger partial charge in [-0.3, -0.25) is 9.78 Å². The Morgan fingerprint density at radius 1 is 1.06 bits per heavy atom. The van der Waals surface area contributed by atoms with Crippen LogP contribution in [0.2, 0.25) is 5.02 Å². The minimum Gasteiger partial charge on any atom is -0.406 e. The first-order chi connectivity index (χ1) is 14.5. The molecule has 0 aliphatic heterocycles. The second-order valence-corrected chi connectivity index (χ2v) is 8.97. The lowest BCUT2D eigenvalue weighted by molar-refractivity contribution is -0.274. The molecule has 2 aromatic carbocycles. The number of rotatable bonds is 6. The highest BCUT2D eigenvalue weighted by molar-refractivity contribution is 7.90. The number of sulfone groups is 1. The number of alkyl halides is 3. The zero-order valence-corrected chi connectivity index (χ0v) is 17.6. The third-order valence-corrected chi connectivity index (χ3v) is 6.25. The van der Waals surface area contributed by atoms with Crippen LogP contribution in [0.15, 0.2) is 65.7 Å². The lowest BCUT2D eigenvalue weighted by Gasteiger charge is -2.12. The van der Waals surface area contributed by atoms with E-state index in [9.17, 15) is 26.4 Å². The highest BCUT2D eigenvalue weighted by atomic mass is 35.5. The van der Waals surface area contributed by atoms with E-state index in [-0.39, 0.29) is 21.0 Å². The van der Waals surface area contributed by atoms with Crippen LogP contribution in [0.5, 0.6) is 5.75 Å². The maximum atomic E-state index is 13.0. The van der Waals surface area contributed by atoms with Gasteiger partial charge in [0.2, 0.25) is 0 Å². The average Bonchev–Trinajstić information content (AvgIpc) is 2.68. The molecule has 0 aliphatic carbocycles. The number of pyridine rings is 1. The van der Waals surface area contributed by atoms with Crippen molar-refractivity contribution < 1.29 is 31.1 Å². The highest BCUT2D eigenvalue weighted by Gasteiger charge is 2.31. The van der Waals surface area contributed by atoms with E-state index in [4.69, 9.17) is 11.6 Å². The van der Waals surface area contributed by atoms with Gasteiger partial charge in [0.1, 0.15) is 5.75 Å². The molecule has 0 amide bonds. The normalized spacial score (nSPS) is 11.9. The van der Waals surface area contributed by atoms with Gasteiger partial charge >= 0.3 is 6.36 Å². The van der Waals surface area contributed by atoms with Gasteiger partial charge in [0.15, 0.2) is 15.6 Å². The molecule has 0 radical (unpaired) electrons. The minimum absolute atomic E-state index is 0.101. The molecule has 0 saturated carbocycles. The summed E-state index contributed by atoms with van der Waals surface area (Å²) in [5.41, 5.74) is 1.08. The van der Waals surface area contributed by atoms with Gasteiger partial charge < -0.3 is 4.74 Å². The topological polar surface area (TPSA) is 73.3 Å². The number of hydrogen-bond donors (Lipinski definition) is 0. The molecule has 0 spiro atoms. The highest BCUT2D eigenvalue weighted by Crippen LogP contribution is 2.27. The fraction of sp³-hybridized carbons (Fsp3) is 0.143. The number of carbonyl (C=O) groups is 1. The molecule has 0 saturated heterocycles. The Labute approximate surface area is 181 Å². The van der Waals surface area contributed by atoms with Gasteiger partial charge in [0, 0.05) is 28.0 Å². The van der Waals surface area contributed by atoms with Gasteiger partial charge in [0.25, 0.3) is 0 Å². The van der Waals surface area contributed by atoms with E-state index in [1.165, 1.54) is 24.4 Å². The van der Waals surface area contributed by atoms with Gasteiger partial charge in [-0.15, -0.1) is 13.2 Å². The maximum absolute atomic E-state index is 13.0. The van der Waals surface area contributed by atoms with Crippen molar-refractivity contribution in [3.05, 3.63) is 88.2 Å². The Hall–Kier alpha value is -2.91. The molecule has 10 heteroatoms. The smallest absolute Gasteiger partial charge is 0.406 e. The SMILES string of the molecule is Cc1ncccc1C(=O)c1cc(Cl)ccc1CS(=O)(=O)c1ccc(OC(F)(F)F)cc1. The number of ketones is 1. The van der Waals surface area contributed by atoms with Gasteiger partial charge in [0.05, 0.1) is 10.6 Å². The number of aryl methyl sites for hydroxylation is 1. The monoisotopic (exact) mass is 469 g/mol. The molecule has 0 atom stereocenters. The summed E-state index contributed by atoms with van der Waals surface area (Å²) in [4.78, 5) is 16.9. The fourth-order valence-electron chi connectivity index (χ4n) is 2.89. The van der Waals surface area contributed by atoms with Crippen LogP contribution >= 0.6 is 11.6 Å². The third kappa shape index (κ3) is 5.62. The molecule has 1 aromatic heterocycles. The largest absolute Gasteiger partial charge is 0.573 e. The molecule has 0 unspecified atom stereocenters. The van der Waals surface area contributed by atoms with Gasteiger partial charge in [-0.1, -0.05) is 17.7 Å². The molecule has 0 N–H and O–H groups in total. The van der Waals surface area contributed by atoms with Crippen LogP contribution in [0.3, 0.4) is 0 Å². The summed E-state index contributed by atoms with van der Waals surface area (Å²) in [6.45, 7) is 1.65. The molecule has 0 bridgehead atoms. The Bertz CT molecular complexity index is 1230. The fourth-order valence-corrected chi connectivity index (χ4v) is 4.44. The number of carbonyl (C=O) groups excluding carboxylic acids is 1. The lowest BCUT2D eigenvalue weighted by atomic mass is 9.98. The summed E-state index contributed by atoms with van der Waals surface area (Å²) in [6.07, 6.45) is -3.36. The quantitative estimate of drug-likeness (QED) is 0.467. The van der Waals surface area contributed by atoms with Crippen LogP contribution < -0.4 is 4.74 Å². The van der Waals surface area contributed by atoms with Crippen molar-refractivity contribution in [3.63, 3.8) is 0 Å². The number of ether oxygens (including phenoxy) is 1. The standard InChI is InChI=1S/C21H15ClF3NO4S/c1-13-18(3-2-10-26-13)20(27)19-11-15(22)5-4-14(19)12-31(28,29)17-8-6-16(7-9-17)30-21(23,24)25/h2-11H,12H2,1H3. The van der Waals surface area contributed by atoms with Crippen LogP contribution in [0.1, 0.15) is 27.2 Å². The molecule has 3 aromatic rings. The molecule has 1 heterocycles. The summed E-state index contributed by atoms with van der Waals surface area (Å²) in [5.74, 6) is -1.53. The Kier molecular flexibility index (Phi) is 6.38. The van der Waals surface area contributed by atoms with E-state index in [1.54, 1.807) is 19.1 Å². The Morgan fingerprint density at radius 3 is 2.35 bits per heavy atom. The molecule has 0 aliphatic rings. The summed E-state index contributed by atoms with van der Waals surface area (Å²) < 4.78 is 66.3. The van der Waals surface area contributed by atoms with E-state index in [0.29, 0.717) is 11.3 Å². The van der Waals surface area contributed by atoms with Crippen molar-refractivity contribution >= 4 is 27.2 Å². The van der Waals surface area contributed by atoms with Crippen molar-refractivity contribution in [1.82, 2.24) is 4.98 Å². The summed E-state index contributed by atoms with van der Waals surface area (Å²) in [7, 11) is -3.98. The molecule has 3 rings (SSSR count). The Morgan fingerprint density at radius 2 is 1.74 bits per heavy atom. The zero-order chi connectivity index (χ0) is 22.8. The van der Waals surface area contributed by atoms with E-state index in [1.807, 2.05) is 0 Å². The van der Waals surface area contributed by atoms with E-state index >= 15 is 0 Å². The molecular formula is C21H15ClF3NO4S. The molecule has 0 fully saturated rings. The van der Waals surface area contributed by atoms with Crippen LogP contribution in [0.25, 0.3) is 0 Å². The van der Waals surface area contributed by atoms with E-state index in [2.05, 4.69) is 9.72 Å². The number of nitrogens with zero attached hydrogens (tertiary/aromatic N) is 1. The van der Waals surface area contributed by atoms with Crippen LogP contribution in [0.4, 0.5) is 13.2 Å². The van der Waals surface area contributed by atoms with Crippen LogP contribution in [0, 0.1) is 6.92 Å². The Balaban J connectivity index is 1.94. The van der Waals surface area contributed by atoms with Crippen molar-refractivity contribution in [2.45, 2.75) is 23.9 Å². The van der Waals surface area contributed by atoms with Crippen molar-refractivity contribution in [2.24, 2.45) is 0 Å². The predicted octanol–water partition coefficient (Wildman–Crippen LogP) is 5.15. The average molecular weight is 470 g/mol. The molecule has 5 nitrogen and oxygen atoms in total. The number of aromatic nitrogens is 1. The predicted molar refractivity (Wildman–Crippen MR) is 108 cm³/mol. The van der Waals surface area contributed by atoms with E-state index in [0.717, 1.165) is 24.3 Å². The molecule has 31 heavy (non-hydrogen) atoms. The lowest BCUT2D eigenvalue weighted by Crippen LogP contribution is -2.17. The first kappa shape index (κ1) is 22.8. The van der Waals surface area contributed by atoms with Crippen molar-refractivity contribution in [1.29, 1.82) is 0 Å². The summed E-state index contributed by atoms with van der Waals surface area (Å²) >= 11 is 6.02. The summed E-state index contributed by atoms with van der Waals surface area (Å²) in [6, 6.07) is 11.3. The summed E-state index contributed by atoms with van der Waals surface area (Å²) in [5, 5.41) is 0.250. The second-order valence-electron chi connectivity index (χ2n) is 6.55. The first-order valence-electron chi connectivity index (χ1n) is 8.79. The number of hydrogen-bond acceptors (Lipinski definition) is 5. The van der Waals surface area contributed by atoms with Crippen LogP contribution in [-0.2, 0) is 15.6 Å². The van der Waals surface area contributed by atoms with E-state index < -0.39 is 33.5 Å². The van der Waals surface area contributed by atoms with Crippen molar-refractivity contribution in [2.75, 3.05) is 0 Å². The van der Waals surface area contributed by atoms with Gasteiger partial charge in [-0.05, 0) is 61.0 Å².